The van der Waals surface area contributed by atoms with Crippen molar-refractivity contribution in [2.24, 2.45) is 0 Å². The summed E-state index contributed by atoms with van der Waals surface area (Å²) in [6.07, 6.45) is 0.855. The maximum Gasteiger partial charge on any atom is 0.386 e. The van der Waals surface area contributed by atoms with Crippen molar-refractivity contribution in [2.75, 3.05) is 46.7 Å². The molecule has 0 N–H and O–H groups in total. The van der Waals surface area contributed by atoms with Crippen LogP contribution in [0.15, 0.2) is 30.3 Å². The van der Waals surface area contributed by atoms with Gasteiger partial charge in [0, 0.05) is 33.5 Å². The van der Waals surface area contributed by atoms with E-state index < -0.39 is 8.56 Å². The van der Waals surface area contributed by atoms with Crippen molar-refractivity contribution in [1.29, 1.82) is 0 Å². The zero-order valence-electron chi connectivity index (χ0n) is 11.1. The van der Waals surface area contributed by atoms with E-state index in [2.05, 4.69) is 17.0 Å². The Morgan fingerprint density at radius 1 is 1.11 bits per heavy atom. The highest BCUT2D eigenvalue weighted by Gasteiger charge is 2.40. The first-order valence-corrected chi connectivity index (χ1v) is 8.29. The molecular formula is C13H21NO3Si. The topological polar surface area (TPSA) is 30.9 Å². The van der Waals surface area contributed by atoms with E-state index >= 15 is 0 Å². The normalized spacial score (nSPS) is 17.9. The lowest BCUT2D eigenvalue weighted by molar-refractivity contribution is 0.0406. The molecule has 2 rings (SSSR count). The summed E-state index contributed by atoms with van der Waals surface area (Å²) in [5, 5.41) is 1.18. The molecule has 18 heavy (non-hydrogen) atoms. The Morgan fingerprint density at radius 2 is 1.72 bits per heavy atom. The van der Waals surface area contributed by atoms with Crippen molar-refractivity contribution in [3.05, 3.63) is 30.3 Å². The van der Waals surface area contributed by atoms with Crippen molar-refractivity contribution in [2.45, 2.75) is 0 Å². The number of hydrogen-bond acceptors (Lipinski definition) is 4. The average molecular weight is 267 g/mol. The molecule has 0 atom stereocenters. The Hall–Kier alpha value is -0.723. The van der Waals surface area contributed by atoms with Gasteiger partial charge in [0.1, 0.15) is 0 Å². The van der Waals surface area contributed by atoms with Crippen LogP contribution in [0.3, 0.4) is 0 Å². The third-order valence-corrected chi connectivity index (χ3v) is 6.80. The van der Waals surface area contributed by atoms with E-state index in [1.54, 1.807) is 14.2 Å². The lowest BCUT2D eigenvalue weighted by Crippen LogP contribution is -2.61. The Kier molecular flexibility index (Phi) is 4.91. The van der Waals surface area contributed by atoms with Crippen LogP contribution in [0.4, 0.5) is 0 Å². The summed E-state index contributed by atoms with van der Waals surface area (Å²) in [5.41, 5.74) is 0. The molecule has 1 aliphatic heterocycles. The zero-order chi connectivity index (χ0) is 12.8. The van der Waals surface area contributed by atoms with E-state index in [9.17, 15) is 0 Å². The number of ether oxygens (including phenoxy) is 1. The van der Waals surface area contributed by atoms with Crippen LogP contribution in [-0.4, -0.2) is 60.2 Å². The number of hydrogen-bond donors (Lipinski definition) is 0. The van der Waals surface area contributed by atoms with E-state index in [1.807, 2.05) is 18.2 Å². The molecule has 0 unspecified atom stereocenters. The first kappa shape index (κ1) is 13.7. The largest absolute Gasteiger partial charge is 0.394 e. The number of rotatable bonds is 5. The highest BCUT2D eigenvalue weighted by molar-refractivity contribution is 6.81. The monoisotopic (exact) mass is 267 g/mol. The van der Waals surface area contributed by atoms with E-state index in [4.69, 9.17) is 13.6 Å². The number of morpholine rings is 1. The van der Waals surface area contributed by atoms with Crippen LogP contribution >= 0.6 is 0 Å². The van der Waals surface area contributed by atoms with Gasteiger partial charge in [0.15, 0.2) is 0 Å². The summed E-state index contributed by atoms with van der Waals surface area (Å²) in [4.78, 5) is 2.37. The van der Waals surface area contributed by atoms with Crippen LogP contribution in [0, 0.1) is 0 Å². The van der Waals surface area contributed by atoms with Gasteiger partial charge in [0.2, 0.25) is 0 Å². The maximum atomic E-state index is 5.81. The maximum absolute atomic E-state index is 5.81. The Bertz CT molecular complexity index is 351. The minimum atomic E-state index is -2.34. The second-order valence-corrected chi connectivity index (χ2v) is 7.63. The van der Waals surface area contributed by atoms with Crippen LogP contribution in [0.1, 0.15) is 0 Å². The summed E-state index contributed by atoms with van der Waals surface area (Å²) in [5.74, 6) is 0. The molecule has 0 aromatic heterocycles. The highest BCUT2D eigenvalue weighted by Crippen LogP contribution is 2.10. The molecule has 1 fully saturated rings. The molecular weight excluding hydrogens is 246 g/mol. The molecule has 1 aromatic rings. The number of nitrogens with zero attached hydrogens (tertiary/aromatic N) is 1. The molecule has 4 nitrogen and oxygen atoms in total. The molecule has 5 heteroatoms. The van der Waals surface area contributed by atoms with Crippen molar-refractivity contribution in [3.63, 3.8) is 0 Å². The zero-order valence-corrected chi connectivity index (χ0v) is 12.1. The third-order valence-electron chi connectivity index (χ3n) is 3.41. The first-order chi connectivity index (χ1) is 8.80. The van der Waals surface area contributed by atoms with E-state index in [0.717, 1.165) is 32.5 Å². The van der Waals surface area contributed by atoms with Gasteiger partial charge in [-0.1, -0.05) is 30.3 Å². The Labute approximate surface area is 110 Å². The van der Waals surface area contributed by atoms with Gasteiger partial charge in [-0.15, -0.1) is 0 Å². The van der Waals surface area contributed by atoms with E-state index in [-0.39, 0.29) is 0 Å². The Morgan fingerprint density at radius 3 is 2.28 bits per heavy atom. The van der Waals surface area contributed by atoms with Gasteiger partial charge in [0.25, 0.3) is 0 Å². The molecule has 1 heterocycles. The minimum Gasteiger partial charge on any atom is -0.394 e. The predicted octanol–water partition coefficient (Wildman–Crippen LogP) is 0.500. The SMILES string of the molecule is CO[Si](CN1CCOCC1)(OC)c1ccccc1. The fourth-order valence-electron chi connectivity index (χ4n) is 2.29. The lowest BCUT2D eigenvalue weighted by Gasteiger charge is -2.35. The van der Waals surface area contributed by atoms with Gasteiger partial charge in [-0.05, 0) is 5.19 Å². The summed E-state index contributed by atoms with van der Waals surface area (Å²) in [6.45, 7) is 3.50. The van der Waals surface area contributed by atoms with Gasteiger partial charge < -0.3 is 13.6 Å². The van der Waals surface area contributed by atoms with Gasteiger partial charge in [0.05, 0.1) is 13.2 Å². The van der Waals surface area contributed by atoms with Crippen molar-refractivity contribution in [3.8, 4) is 0 Å². The molecule has 0 spiro atoms. The van der Waals surface area contributed by atoms with Crippen molar-refractivity contribution < 1.29 is 13.6 Å². The fourth-order valence-corrected chi connectivity index (χ4v) is 4.97. The fraction of sp³-hybridized carbons (Fsp3) is 0.538. The Balaban J connectivity index is 2.15. The standard InChI is InChI=1S/C13H21NO3Si/c1-15-18(16-2,13-6-4-3-5-7-13)12-14-8-10-17-11-9-14/h3-7H,8-12H2,1-2H3. The van der Waals surface area contributed by atoms with E-state index in [0.29, 0.717) is 0 Å². The average Bonchev–Trinajstić information content (AvgIpc) is 2.47. The molecule has 0 radical (unpaired) electrons. The highest BCUT2D eigenvalue weighted by atomic mass is 28.4. The second-order valence-electron chi connectivity index (χ2n) is 4.42. The first-order valence-electron chi connectivity index (χ1n) is 6.27. The van der Waals surface area contributed by atoms with Gasteiger partial charge in [-0.3, -0.25) is 4.90 Å². The molecule has 0 aliphatic carbocycles. The smallest absolute Gasteiger partial charge is 0.386 e. The van der Waals surface area contributed by atoms with Gasteiger partial charge in [-0.25, -0.2) is 0 Å². The van der Waals surface area contributed by atoms with Crippen LogP contribution < -0.4 is 5.19 Å². The molecule has 100 valence electrons. The summed E-state index contributed by atoms with van der Waals surface area (Å²) < 4.78 is 17.0. The van der Waals surface area contributed by atoms with E-state index in [1.165, 1.54) is 5.19 Å². The van der Waals surface area contributed by atoms with Gasteiger partial charge in [-0.2, -0.15) is 0 Å². The summed E-state index contributed by atoms with van der Waals surface area (Å²) in [6, 6.07) is 10.3. The molecule has 1 saturated heterocycles. The molecule has 1 aliphatic rings. The van der Waals surface area contributed by atoms with Crippen LogP contribution in [0.25, 0.3) is 0 Å². The van der Waals surface area contributed by atoms with Crippen molar-refractivity contribution >= 4 is 13.7 Å². The summed E-state index contributed by atoms with van der Waals surface area (Å²) >= 11 is 0. The lowest BCUT2D eigenvalue weighted by atomic mass is 10.4. The quantitative estimate of drug-likeness (QED) is 0.727. The molecule has 1 aromatic carbocycles. The predicted molar refractivity (Wildman–Crippen MR) is 73.1 cm³/mol. The van der Waals surface area contributed by atoms with Crippen molar-refractivity contribution in [1.82, 2.24) is 4.90 Å². The van der Waals surface area contributed by atoms with Crippen LogP contribution in [0.5, 0.6) is 0 Å². The third kappa shape index (κ3) is 2.99. The minimum absolute atomic E-state index is 0.798. The second kappa shape index (κ2) is 6.45. The van der Waals surface area contributed by atoms with Crippen LogP contribution in [-0.2, 0) is 13.6 Å². The molecule has 0 saturated carbocycles. The number of benzene rings is 1. The summed E-state index contributed by atoms with van der Waals surface area (Å²) in [7, 11) is 1.17. The van der Waals surface area contributed by atoms with Crippen LogP contribution in [0.2, 0.25) is 0 Å². The molecule has 0 bridgehead atoms. The van der Waals surface area contributed by atoms with Gasteiger partial charge >= 0.3 is 8.56 Å². The molecule has 0 amide bonds.